The first-order valence-electron chi connectivity index (χ1n) is 17.4. The smallest absolute Gasteiger partial charge is 0.326 e. The van der Waals surface area contributed by atoms with Crippen molar-refractivity contribution < 1.29 is 54.0 Å². The van der Waals surface area contributed by atoms with Gasteiger partial charge < -0.3 is 57.7 Å². The summed E-state index contributed by atoms with van der Waals surface area (Å²) in [5.41, 5.74) is 6.59. The Morgan fingerprint density at radius 3 is 1.81 bits per heavy atom. The van der Waals surface area contributed by atoms with Crippen LogP contribution in [0.25, 0.3) is 0 Å². The number of phenolic OH excluding ortho intramolecular Hbond substituents is 1. The van der Waals surface area contributed by atoms with Crippen LogP contribution in [0.3, 0.4) is 0 Å². The molecule has 0 saturated carbocycles. The second-order valence-corrected chi connectivity index (χ2v) is 13.8. The van der Waals surface area contributed by atoms with E-state index in [1.165, 1.54) is 43.7 Å². The largest absolute Gasteiger partial charge is 0.508 e. The van der Waals surface area contributed by atoms with Gasteiger partial charge in [0.15, 0.2) is 0 Å². The lowest BCUT2D eigenvalue weighted by atomic mass is 9.98. The molecule has 0 aliphatic heterocycles. The molecule has 0 radical (unpaired) electrons. The average molecular weight is 761 g/mol. The zero-order valence-electron chi connectivity index (χ0n) is 30.9. The summed E-state index contributed by atoms with van der Waals surface area (Å²) in [6.45, 7) is 8.21. The minimum Gasteiger partial charge on any atom is -0.508 e. The molecule has 19 heteroatoms. The number of carboxylic acid groups (broad SMARTS) is 2. The van der Waals surface area contributed by atoms with Gasteiger partial charge in [-0.25, -0.2) is 9.78 Å². The summed E-state index contributed by atoms with van der Waals surface area (Å²) in [5, 5.41) is 51.1. The fourth-order valence-corrected chi connectivity index (χ4v) is 5.21. The van der Waals surface area contributed by atoms with Crippen molar-refractivity contribution in [2.75, 3.05) is 0 Å². The Morgan fingerprint density at radius 1 is 0.741 bits per heavy atom. The summed E-state index contributed by atoms with van der Waals surface area (Å²) in [7, 11) is 0. The van der Waals surface area contributed by atoms with Gasteiger partial charge in [0.1, 0.15) is 42.0 Å². The molecule has 19 nitrogen and oxygen atoms in total. The van der Waals surface area contributed by atoms with E-state index in [-0.39, 0.29) is 30.9 Å². The van der Waals surface area contributed by atoms with Crippen molar-refractivity contribution in [3.63, 3.8) is 0 Å². The number of aromatic amines is 1. The highest BCUT2D eigenvalue weighted by Gasteiger charge is 2.34. The first-order chi connectivity index (χ1) is 25.3. The van der Waals surface area contributed by atoms with Crippen LogP contribution in [0.2, 0.25) is 0 Å². The molecule has 1 aromatic heterocycles. The van der Waals surface area contributed by atoms with E-state index in [2.05, 4.69) is 36.6 Å². The highest BCUT2D eigenvalue weighted by Crippen LogP contribution is 2.14. The second-order valence-electron chi connectivity index (χ2n) is 13.8. The third-order valence-corrected chi connectivity index (χ3v) is 8.29. The zero-order valence-corrected chi connectivity index (χ0v) is 30.9. The molecule has 2 aromatic rings. The van der Waals surface area contributed by atoms with E-state index in [9.17, 15) is 54.0 Å². The van der Waals surface area contributed by atoms with Gasteiger partial charge in [-0.3, -0.25) is 28.8 Å². The summed E-state index contributed by atoms with van der Waals surface area (Å²) in [6, 6.07) is -2.48. The molecule has 0 bridgehead atoms. The third-order valence-electron chi connectivity index (χ3n) is 8.29. The molecule has 0 saturated heterocycles. The van der Waals surface area contributed by atoms with Crippen molar-refractivity contribution in [1.82, 2.24) is 36.6 Å². The number of rotatable bonds is 22. The predicted molar refractivity (Wildman–Crippen MR) is 192 cm³/mol. The van der Waals surface area contributed by atoms with E-state index in [0.717, 1.165) is 0 Å². The summed E-state index contributed by atoms with van der Waals surface area (Å²) < 4.78 is 0. The molecule has 0 aliphatic carbocycles. The number of aliphatic carboxylic acids is 2. The van der Waals surface area contributed by atoms with Crippen molar-refractivity contribution in [2.45, 2.75) is 109 Å². The minimum atomic E-state index is -1.55. The number of phenols is 1. The van der Waals surface area contributed by atoms with Gasteiger partial charge in [0.25, 0.3) is 0 Å². The average Bonchev–Trinajstić information content (AvgIpc) is 3.61. The highest BCUT2D eigenvalue weighted by molar-refractivity contribution is 5.96. The number of nitrogens with two attached hydrogens (primary N) is 1. The number of carbonyl (C=O) groups is 7. The van der Waals surface area contributed by atoms with Crippen LogP contribution in [-0.2, 0) is 46.4 Å². The Morgan fingerprint density at radius 2 is 1.30 bits per heavy atom. The van der Waals surface area contributed by atoms with Crippen LogP contribution in [0, 0.1) is 11.8 Å². The highest BCUT2D eigenvalue weighted by atomic mass is 16.4. The number of carbonyl (C=O) groups excluding carboxylic acids is 5. The van der Waals surface area contributed by atoms with Crippen LogP contribution in [0.4, 0.5) is 0 Å². The number of benzene rings is 1. The first kappa shape index (κ1) is 44.6. The Labute approximate surface area is 312 Å². The molecular weight excluding hydrogens is 708 g/mol. The van der Waals surface area contributed by atoms with Crippen molar-refractivity contribution in [3.8, 4) is 5.75 Å². The van der Waals surface area contributed by atoms with Crippen molar-refractivity contribution in [2.24, 2.45) is 17.6 Å². The molecule has 0 aliphatic rings. The van der Waals surface area contributed by atoms with Gasteiger partial charge in [0, 0.05) is 31.2 Å². The number of carboxylic acids is 2. The number of hydrogen-bond donors (Lipinski definition) is 11. The maximum Gasteiger partial charge on any atom is 0.326 e. The van der Waals surface area contributed by atoms with Crippen LogP contribution in [0.5, 0.6) is 5.75 Å². The first-order valence-corrected chi connectivity index (χ1v) is 17.4. The summed E-state index contributed by atoms with van der Waals surface area (Å²) in [5.74, 6) is -7.64. The third kappa shape index (κ3) is 14.8. The zero-order chi connectivity index (χ0) is 40.7. The molecule has 7 atom stereocenters. The number of imidazole rings is 1. The SMILES string of the molecule is CC(C)C[C@H](NC(=O)[C@@H](NC(=O)[C@@H](N)[C@@H](C)O)C(C)C)C(=O)N[C@@H](Cc1ccc(O)cc1)C(=O)N[C@@H](CCC(=O)O)C(=O)N[C@@H](Cc1cnc[nH]1)C(=O)O. The number of aliphatic hydroxyl groups is 1. The standard InChI is InChI=1S/C35H52N8O11/c1-17(2)12-24(41-34(52)29(18(3)4)43-33(51)28(36)19(5)44)31(49)40-25(13-20-6-8-22(45)9-7-20)32(50)39-23(10-11-27(46)47)30(48)42-26(35(53)54)14-21-15-37-16-38-21/h6-9,15-19,23-26,28-29,44-45H,10-14,36H2,1-5H3,(H,37,38)(H,39,50)(H,40,49)(H,41,52)(H,42,48)(H,43,51)(H,46,47)(H,53,54)/t19-,23+,24+,25+,26+,28+,29+/m1/s1. The van der Waals surface area contributed by atoms with E-state index in [1.807, 2.05) is 0 Å². The van der Waals surface area contributed by atoms with Gasteiger partial charge in [0.2, 0.25) is 29.5 Å². The molecule has 5 amide bonds. The van der Waals surface area contributed by atoms with E-state index < -0.39 is 103 Å². The van der Waals surface area contributed by atoms with Gasteiger partial charge >= 0.3 is 11.9 Å². The second kappa shape index (κ2) is 21.2. The van der Waals surface area contributed by atoms with Crippen LogP contribution in [0.15, 0.2) is 36.8 Å². The van der Waals surface area contributed by atoms with Crippen LogP contribution in [0.1, 0.15) is 65.1 Å². The number of aliphatic hydroxyl groups excluding tert-OH is 1. The van der Waals surface area contributed by atoms with Gasteiger partial charge in [-0.15, -0.1) is 0 Å². The lowest BCUT2D eigenvalue weighted by Crippen LogP contribution is -2.61. The van der Waals surface area contributed by atoms with Gasteiger partial charge in [-0.05, 0) is 49.3 Å². The maximum atomic E-state index is 13.9. The summed E-state index contributed by atoms with van der Waals surface area (Å²) in [6.07, 6.45) is 0.177. The fraction of sp³-hybridized carbons (Fsp3) is 0.543. The molecule has 12 N–H and O–H groups in total. The molecular formula is C35H52N8O11. The van der Waals surface area contributed by atoms with Crippen molar-refractivity contribution >= 4 is 41.5 Å². The van der Waals surface area contributed by atoms with Crippen LogP contribution < -0.4 is 32.3 Å². The van der Waals surface area contributed by atoms with E-state index in [4.69, 9.17) is 5.73 Å². The van der Waals surface area contributed by atoms with Crippen LogP contribution >= 0.6 is 0 Å². The van der Waals surface area contributed by atoms with Gasteiger partial charge in [-0.1, -0.05) is 39.8 Å². The molecule has 1 aromatic carbocycles. The fourth-order valence-electron chi connectivity index (χ4n) is 5.21. The van der Waals surface area contributed by atoms with E-state index in [1.54, 1.807) is 27.7 Å². The van der Waals surface area contributed by atoms with E-state index >= 15 is 0 Å². The molecule has 298 valence electrons. The number of hydrogen-bond acceptors (Lipinski definition) is 11. The van der Waals surface area contributed by atoms with Gasteiger partial charge in [-0.2, -0.15) is 0 Å². The quantitative estimate of drug-likeness (QED) is 0.0665. The Hall–Kier alpha value is -5.56. The number of H-pyrrole nitrogens is 1. The lowest BCUT2D eigenvalue weighted by molar-refractivity contribution is -0.143. The maximum absolute atomic E-state index is 13.9. The number of aromatic nitrogens is 2. The number of nitrogens with one attached hydrogen (secondary N) is 6. The number of aromatic hydroxyl groups is 1. The Bertz CT molecular complexity index is 1580. The van der Waals surface area contributed by atoms with Gasteiger partial charge in [0.05, 0.1) is 12.4 Å². The summed E-state index contributed by atoms with van der Waals surface area (Å²) in [4.78, 5) is 97.2. The molecule has 2 rings (SSSR count). The summed E-state index contributed by atoms with van der Waals surface area (Å²) >= 11 is 0. The normalized spacial score (nSPS) is 15.1. The molecule has 0 spiro atoms. The van der Waals surface area contributed by atoms with Crippen molar-refractivity contribution in [1.29, 1.82) is 0 Å². The van der Waals surface area contributed by atoms with E-state index in [0.29, 0.717) is 11.3 Å². The predicted octanol–water partition coefficient (Wildman–Crippen LogP) is -1.32. The molecule has 1 heterocycles. The topological polar surface area (TPSA) is 315 Å². The number of nitrogens with zero attached hydrogens (tertiary/aromatic N) is 1. The lowest BCUT2D eigenvalue weighted by Gasteiger charge is -2.29. The van der Waals surface area contributed by atoms with Crippen molar-refractivity contribution in [3.05, 3.63) is 48.0 Å². The molecule has 54 heavy (non-hydrogen) atoms. The molecule has 0 fully saturated rings. The minimum absolute atomic E-state index is 0.0711. The Balaban J connectivity index is 2.39. The van der Waals surface area contributed by atoms with Crippen LogP contribution in [-0.4, -0.2) is 114 Å². The molecule has 0 unspecified atom stereocenters. The number of amides is 5. The Kier molecular flexibility index (Phi) is 17.5. The monoisotopic (exact) mass is 760 g/mol.